The first kappa shape index (κ1) is 14.5. The maximum Gasteiger partial charge on any atom is 0.239 e. The van der Waals surface area contributed by atoms with E-state index in [-0.39, 0.29) is 12.0 Å². The van der Waals surface area contributed by atoms with Crippen LogP contribution in [0, 0.1) is 6.92 Å². The molecule has 4 nitrogen and oxygen atoms in total. The number of hydrogen-bond donors (Lipinski definition) is 2. The SMILES string of the molecule is Cc1cc(C(NCC2CCCO2)C(N)=O)ccc1Br. The van der Waals surface area contributed by atoms with Gasteiger partial charge in [-0.25, -0.2) is 0 Å². The van der Waals surface area contributed by atoms with Gasteiger partial charge in [0, 0.05) is 17.6 Å². The largest absolute Gasteiger partial charge is 0.377 e. The van der Waals surface area contributed by atoms with Crippen molar-refractivity contribution in [1.29, 1.82) is 0 Å². The van der Waals surface area contributed by atoms with Crippen molar-refractivity contribution in [1.82, 2.24) is 5.32 Å². The molecule has 104 valence electrons. The molecule has 2 unspecified atom stereocenters. The van der Waals surface area contributed by atoms with Crippen LogP contribution in [-0.4, -0.2) is 25.2 Å². The van der Waals surface area contributed by atoms with Crippen molar-refractivity contribution in [3.8, 4) is 0 Å². The second-order valence-electron chi connectivity index (χ2n) is 4.89. The minimum atomic E-state index is -0.462. The number of aryl methyl sites for hydroxylation is 1. The standard InChI is InChI=1S/C14H19BrN2O2/c1-9-7-10(4-5-12(9)15)13(14(16)18)17-8-11-3-2-6-19-11/h4-5,7,11,13,17H,2-3,6,8H2,1H3,(H2,16,18). The number of carbonyl (C=O) groups excluding carboxylic acids is 1. The van der Waals surface area contributed by atoms with Crippen LogP contribution in [0.15, 0.2) is 22.7 Å². The summed E-state index contributed by atoms with van der Waals surface area (Å²) in [6.45, 7) is 3.46. The second kappa shape index (κ2) is 6.50. The minimum absolute atomic E-state index is 0.193. The lowest BCUT2D eigenvalue weighted by atomic mass is 10.0. The van der Waals surface area contributed by atoms with Crippen LogP contribution in [0.5, 0.6) is 0 Å². The van der Waals surface area contributed by atoms with Gasteiger partial charge in [-0.15, -0.1) is 0 Å². The van der Waals surface area contributed by atoms with Gasteiger partial charge in [-0.1, -0.05) is 28.1 Å². The summed E-state index contributed by atoms with van der Waals surface area (Å²) >= 11 is 3.45. The Balaban J connectivity index is 2.05. The Morgan fingerprint density at radius 1 is 1.63 bits per heavy atom. The summed E-state index contributed by atoms with van der Waals surface area (Å²) in [5.74, 6) is -0.361. The molecule has 0 aliphatic carbocycles. The van der Waals surface area contributed by atoms with Crippen molar-refractivity contribution in [2.75, 3.05) is 13.2 Å². The highest BCUT2D eigenvalue weighted by molar-refractivity contribution is 9.10. The summed E-state index contributed by atoms with van der Waals surface area (Å²) in [6.07, 6.45) is 2.32. The number of nitrogens with two attached hydrogens (primary N) is 1. The maximum absolute atomic E-state index is 11.6. The maximum atomic E-state index is 11.6. The predicted molar refractivity (Wildman–Crippen MR) is 77.8 cm³/mol. The average Bonchev–Trinajstić information content (AvgIpc) is 2.86. The van der Waals surface area contributed by atoms with E-state index >= 15 is 0 Å². The third kappa shape index (κ3) is 3.78. The minimum Gasteiger partial charge on any atom is -0.377 e. The van der Waals surface area contributed by atoms with Crippen molar-refractivity contribution in [3.05, 3.63) is 33.8 Å². The summed E-state index contributed by atoms with van der Waals surface area (Å²) < 4.78 is 6.57. The van der Waals surface area contributed by atoms with E-state index in [0.717, 1.165) is 35.0 Å². The molecule has 1 aliphatic rings. The van der Waals surface area contributed by atoms with Crippen molar-refractivity contribution >= 4 is 21.8 Å². The fourth-order valence-corrected chi connectivity index (χ4v) is 2.53. The number of benzene rings is 1. The van der Waals surface area contributed by atoms with Gasteiger partial charge in [-0.2, -0.15) is 0 Å². The van der Waals surface area contributed by atoms with Gasteiger partial charge in [0.15, 0.2) is 0 Å². The number of primary amides is 1. The Kier molecular flexibility index (Phi) is 4.96. The van der Waals surface area contributed by atoms with Gasteiger partial charge < -0.3 is 10.5 Å². The van der Waals surface area contributed by atoms with Crippen molar-refractivity contribution in [2.45, 2.75) is 31.9 Å². The molecule has 19 heavy (non-hydrogen) atoms. The van der Waals surface area contributed by atoms with Gasteiger partial charge in [-0.3, -0.25) is 10.1 Å². The molecular formula is C14H19BrN2O2. The molecule has 1 saturated heterocycles. The number of ether oxygens (including phenoxy) is 1. The molecule has 1 aliphatic heterocycles. The van der Waals surface area contributed by atoms with E-state index in [1.807, 2.05) is 25.1 Å². The summed E-state index contributed by atoms with van der Waals surface area (Å²) in [7, 11) is 0. The van der Waals surface area contributed by atoms with Gasteiger partial charge >= 0.3 is 0 Å². The van der Waals surface area contributed by atoms with E-state index in [1.165, 1.54) is 0 Å². The van der Waals surface area contributed by atoms with Crippen LogP contribution in [0.2, 0.25) is 0 Å². The Hall–Kier alpha value is -0.910. The molecular weight excluding hydrogens is 308 g/mol. The fourth-order valence-electron chi connectivity index (χ4n) is 2.28. The number of hydrogen-bond acceptors (Lipinski definition) is 3. The number of halogens is 1. The lowest BCUT2D eigenvalue weighted by Crippen LogP contribution is -2.37. The van der Waals surface area contributed by atoms with Crippen LogP contribution in [0.4, 0.5) is 0 Å². The van der Waals surface area contributed by atoms with E-state index in [9.17, 15) is 4.79 Å². The number of amides is 1. The Bertz CT molecular complexity index is 459. The van der Waals surface area contributed by atoms with E-state index in [1.54, 1.807) is 0 Å². The monoisotopic (exact) mass is 326 g/mol. The fraction of sp³-hybridized carbons (Fsp3) is 0.500. The smallest absolute Gasteiger partial charge is 0.239 e. The molecule has 2 rings (SSSR count). The van der Waals surface area contributed by atoms with Gasteiger partial charge in [0.1, 0.15) is 6.04 Å². The third-order valence-electron chi connectivity index (χ3n) is 3.37. The number of rotatable bonds is 5. The highest BCUT2D eigenvalue weighted by Gasteiger charge is 2.21. The van der Waals surface area contributed by atoms with Crippen LogP contribution < -0.4 is 11.1 Å². The quantitative estimate of drug-likeness (QED) is 0.870. The molecule has 0 radical (unpaired) electrons. The van der Waals surface area contributed by atoms with Crippen molar-refractivity contribution in [3.63, 3.8) is 0 Å². The van der Waals surface area contributed by atoms with Gasteiger partial charge in [0.05, 0.1) is 6.10 Å². The zero-order valence-electron chi connectivity index (χ0n) is 11.0. The van der Waals surface area contributed by atoms with Gasteiger partial charge in [0.25, 0.3) is 0 Å². The molecule has 1 aromatic rings. The first-order chi connectivity index (χ1) is 9.08. The molecule has 1 heterocycles. The molecule has 1 aromatic carbocycles. The molecule has 2 atom stereocenters. The molecule has 1 fully saturated rings. The van der Waals surface area contributed by atoms with Crippen LogP contribution >= 0.6 is 15.9 Å². The number of nitrogens with one attached hydrogen (secondary N) is 1. The predicted octanol–water partition coefficient (Wildman–Crippen LogP) is 2.05. The lowest BCUT2D eigenvalue weighted by molar-refractivity contribution is -0.120. The molecule has 0 spiro atoms. The van der Waals surface area contributed by atoms with E-state index in [4.69, 9.17) is 10.5 Å². The summed E-state index contributed by atoms with van der Waals surface area (Å²) in [5, 5.41) is 3.21. The van der Waals surface area contributed by atoms with Crippen molar-refractivity contribution < 1.29 is 9.53 Å². The second-order valence-corrected chi connectivity index (χ2v) is 5.74. The summed E-state index contributed by atoms with van der Waals surface area (Å²) in [6, 6.07) is 5.36. The first-order valence-electron chi connectivity index (χ1n) is 6.48. The van der Waals surface area contributed by atoms with Crippen LogP contribution in [0.1, 0.15) is 30.0 Å². The molecule has 3 N–H and O–H groups in total. The van der Waals surface area contributed by atoms with E-state index in [0.29, 0.717) is 6.54 Å². The molecule has 5 heteroatoms. The average molecular weight is 327 g/mol. The Morgan fingerprint density at radius 3 is 3.00 bits per heavy atom. The highest BCUT2D eigenvalue weighted by atomic mass is 79.9. The molecule has 0 aromatic heterocycles. The van der Waals surface area contributed by atoms with Crippen LogP contribution in [0.3, 0.4) is 0 Å². The van der Waals surface area contributed by atoms with Crippen molar-refractivity contribution in [2.24, 2.45) is 5.73 Å². The van der Waals surface area contributed by atoms with Gasteiger partial charge in [-0.05, 0) is 37.0 Å². The first-order valence-corrected chi connectivity index (χ1v) is 7.27. The normalized spacial score (nSPS) is 20.4. The summed E-state index contributed by atoms with van der Waals surface area (Å²) in [4.78, 5) is 11.6. The molecule has 0 saturated carbocycles. The Morgan fingerprint density at radius 2 is 2.42 bits per heavy atom. The van der Waals surface area contributed by atoms with E-state index < -0.39 is 6.04 Å². The zero-order chi connectivity index (χ0) is 13.8. The lowest BCUT2D eigenvalue weighted by Gasteiger charge is -2.19. The zero-order valence-corrected chi connectivity index (χ0v) is 12.6. The number of carbonyl (C=O) groups is 1. The van der Waals surface area contributed by atoms with Crippen LogP contribution in [0.25, 0.3) is 0 Å². The highest BCUT2D eigenvalue weighted by Crippen LogP contribution is 2.22. The molecule has 1 amide bonds. The topological polar surface area (TPSA) is 64.3 Å². The Labute approximate surface area is 121 Å². The van der Waals surface area contributed by atoms with E-state index in [2.05, 4.69) is 21.2 Å². The summed E-state index contributed by atoms with van der Waals surface area (Å²) in [5.41, 5.74) is 7.47. The molecule has 0 bridgehead atoms. The van der Waals surface area contributed by atoms with Gasteiger partial charge in [0.2, 0.25) is 5.91 Å². The third-order valence-corrected chi connectivity index (χ3v) is 4.26. The van der Waals surface area contributed by atoms with Crippen LogP contribution in [-0.2, 0) is 9.53 Å².